The van der Waals surface area contributed by atoms with Crippen molar-refractivity contribution in [2.24, 2.45) is 5.84 Å². The molecule has 11 heavy (non-hydrogen) atoms. The van der Waals surface area contributed by atoms with Crippen LogP contribution in [0.25, 0.3) is 0 Å². The van der Waals surface area contributed by atoms with Gasteiger partial charge in [0.15, 0.2) is 0 Å². The van der Waals surface area contributed by atoms with Crippen LogP contribution < -0.4 is 11.3 Å². The van der Waals surface area contributed by atoms with E-state index in [1.54, 1.807) is 0 Å². The lowest BCUT2D eigenvalue weighted by Crippen LogP contribution is -2.55. The number of carbonyl (C=O) groups is 1. The van der Waals surface area contributed by atoms with E-state index >= 15 is 0 Å². The van der Waals surface area contributed by atoms with Crippen LogP contribution in [0.2, 0.25) is 0 Å². The van der Waals surface area contributed by atoms with Crippen molar-refractivity contribution < 1.29 is 4.79 Å². The van der Waals surface area contributed by atoms with Crippen molar-refractivity contribution >= 4 is 5.91 Å². The van der Waals surface area contributed by atoms with Crippen molar-refractivity contribution in [3.05, 3.63) is 0 Å². The molecule has 4 heteroatoms. The first kappa shape index (κ1) is 10.4. The van der Waals surface area contributed by atoms with E-state index in [9.17, 15) is 4.79 Å². The summed E-state index contributed by atoms with van der Waals surface area (Å²) >= 11 is 0. The summed E-state index contributed by atoms with van der Waals surface area (Å²) in [6, 6.07) is 0. The Morgan fingerprint density at radius 3 is 2.18 bits per heavy atom. The highest BCUT2D eigenvalue weighted by Gasteiger charge is 2.32. The minimum atomic E-state index is -0.491. The molecular weight excluding hydrogens is 142 g/mol. The number of nitrogens with one attached hydrogen (secondary N) is 1. The van der Waals surface area contributed by atoms with Gasteiger partial charge >= 0.3 is 0 Å². The maximum absolute atomic E-state index is 11.2. The second kappa shape index (κ2) is 3.69. The van der Waals surface area contributed by atoms with E-state index in [4.69, 9.17) is 5.84 Å². The summed E-state index contributed by atoms with van der Waals surface area (Å²) in [6.45, 7) is 3.81. The van der Waals surface area contributed by atoms with E-state index in [-0.39, 0.29) is 5.91 Å². The first-order valence-electron chi connectivity index (χ1n) is 3.67. The summed E-state index contributed by atoms with van der Waals surface area (Å²) in [7, 11) is 3.72. The standard InChI is InChI=1S/C7H17N3O/c1-5-7(2,10(3)4)6(11)9-8/h5,8H2,1-4H3,(H,9,11)/t7-/m0/s1. The molecular formula is C7H17N3O. The third kappa shape index (κ3) is 1.91. The van der Waals surface area contributed by atoms with Crippen LogP contribution in [-0.4, -0.2) is 30.4 Å². The molecule has 0 aliphatic carbocycles. The molecule has 1 atom stereocenters. The summed E-state index contributed by atoms with van der Waals surface area (Å²) in [4.78, 5) is 13.1. The van der Waals surface area contributed by atoms with E-state index in [0.29, 0.717) is 0 Å². The van der Waals surface area contributed by atoms with E-state index in [1.807, 2.05) is 32.8 Å². The molecule has 0 radical (unpaired) electrons. The second-order valence-electron chi connectivity index (χ2n) is 3.00. The van der Waals surface area contributed by atoms with Gasteiger partial charge in [-0.2, -0.15) is 0 Å². The molecule has 66 valence electrons. The molecule has 3 N–H and O–H groups in total. The van der Waals surface area contributed by atoms with Gasteiger partial charge in [0.1, 0.15) is 0 Å². The number of hydrazine groups is 1. The van der Waals surface area contributed by atoms with Crippen LogP contribution in [0.5, 0.6) is 0 Å². The number of carbonyl (C=O) groups excluding carboxylic acids is 1. The maximum atomic E-state index is 11.2. The molecule has 0 bridgehead atoms. The molecule has 0 aromatic rings. The van der Waals surface area contributed by atoms with Crippen LogP contribution in [0.1, 0.15) is 20.3 Å². The number of nitrogens with two attached hydrogens (primary N) is 1. The first-order valence-corrected chi connectivity index (χ1v) is 3.67. The van der Waals surface area contributed by atoms with Gasteiger partial charge in [-0.15, -0.1) is 0 Å². The Labute approximate surface area is 67.7 Å². The quantitative estimate of drug-likeness (QED) is 0.338. The largest absolute Gasteiger partial charge is 0.296 e. The molecule has 0 aromatic heterocycles. The minimum absolute atomic E-state index is 0.148. The lowest BCUT2D eigenvalue weighted by molar-refractivity contribution is -0.131. The molecule has 0 rings (SSSR count). The van der Waals surface area contributed by atoms with Crippen molar-refractivity contribution in [3.63, 3.8) is 0 Å². The van der Waals surface area contributed by atoms with Gasteiger partial charge in [-0.1, -0.05) is 6.92 Å². The van der Waals surface area contributed by atoms with E-state index in [2.05, 4.69) is 5.43 Å². The van der Waals surface area contributed by atoms with Crippen molar-refractivity contribution in [2.75, 3.05) is 14.1 Å². The lowest BCUT2D eigenvalue weighted by atomic mass is 9.97. The normalized spacial score (nSPS) is 16.2. The first-order chi connectivity index (χ1) is 4.99. The molecule has 0 unspecified atom stereocenters. The van der Waals surface area contributed by atoms with Gasteiger partial charge in [0.25, 0.3) is 5.91 Å². The molecule has 0 saturated carbocycles. The SMILES string of the molecule is CC[C@@](C)(C(=O)NN)N(C)C. The Bertz CT molecular complexity index is 147. The third-order valence-electron chi connectivity index (χ3n) is 2.30. The number of rotatable bonds is 3. The van der Waals surface area contributed by atoms with Crippen LogP contribution >= 0.6 is 0 Å². The zero-order chi connectivity index (χ0) is 9.07. The topological polar surface area (TPSA) is 58.4 Å². The number of likely N-dealkylation sites (N-methyl/N-ethyl adjacent to an activating group) is 1. The Balaban J connectivity index is 4.45. The molecule has 0 aliphatic rings. The summed E-state index contributed by atoms with van der Waals surface area (Å²) < 4.78 is 0. The summed E-state index contributed by atoms with van der Waals surface area (Å²) in [6.07, 6.45) is 0.739. The van der Waals surface area contributed by atoms with Crippen molar-refractivity contribution in [1.82, 2.24) is 10.3 Å². The van der Waals surface area contributed by atoms with Gasteiger partial charge in [0, 0.05) is 0 Å². The zero-order valence-corrected chi connectivity index (χ0v) is 7.64. The lowest BCUT2D eigenvalue weighted by Gasteiger charge is -2.32. The summed E-state index contributed by atoms with van der Waals surface area (Å²) in [5.74, 6) is 4.90. The molecule has 0 aliphatic heterocycles. The van der Waals surface area contributed by atoms with E-state index in [1.165, 1.54) is 0 Å². The fourth-order valence-corrected chi connectivity index (χ4v) is 0.835. The maximum Gasteiger partial charge on any atom is 0.254 e. The Hall–Kier alpha value is -0.610. The van der Waals surface area contributed by atoms with Gasteiger partial charge in [-0.05, 0) is 27.4 Å². The molecule has 0 aromatic carbocycles. The number of amides is 1. The smallest absolute Gasteiger partial charge is 0.254 e. The molecule has 4 nitrogen and oxygen atoms in total. The fraction of sp³-hybridized carbons (Fsp3) is 0.857. The Morgan fingerprint density at radius 2 is 2.09 bits per heavy atom. The molecule has 0 fully saturated rings. The highest BCUT2D eigenvalue weighted by Crippen LogP contribution is 2.15. The minimum Gasteiger partial charge on any atom is -0.296 e. The summed E-state index contributed by atoms with van der Waals surface area (Å²) in [5.41, 5.74) is 1.67. The van der Waals surface area contributed by atoms with Crippen LogP contribution in [0.4, 0.5) is 0 Å². The molecule has 0 spiro atoms. The van der Waals surface area contributed by atoms with Gasteiger partial charge in [-0.25, -0.2) is 5.84 Å². The Kier molecular flexibility index (Phi) is 3.48. The number of hydrogen-bond donors (Lipinski definition) is 2. The van der Waals surface area contributed by atoms with E-state index in [0.717, 1.165) is 6.42 Å². The van der Waals surface area contributed by atoms with E-state index < -0.39 is 5.54 Å². The molecule has 0 saturated heterocycles. The van der Waals surface area contributed by atoms with Gasteiger partial charge < -0.3 is 0 Å². The fourth-order valence-electron chi connectivity index (χ4n) is 0.835. The molecule has 0 heterocycles. The van der Waals surface area contributed by atoms with Gasteiger partial charge in [-0.3, -0.25) is 15.1 Å². The third-order valence-corrected chi connectivity index (χ3v) is 2.30. The van der Waals surface area contributed by atoms with Crippen molar-refractivity contribution in [2.45, 2.75) is 25.8 Å². The Morgan fingerprint density at radius 1 is 1.64 bits per heavy atom. The second-order valence-corrected chi connectivity index (χ2v) is 3.00. The predicted octanol–water partition coefficient (Wildman–Crippen LogP) is -0.293. The van der Waals surface area contributed by atoms with Crippen LogP contribution in [0.15, 0.2) is 0 Å². The summed E-state index contributed by atoms with van der Waals surface area (Å²) in [5, 5.41) is 0. The van der Waals surface area contributed by atoms with Gasteiger partial charge in [0.2, 0.25) is 0 Å². The van der Waals surface area contributed by atoms with Crippen LogP contribution in [0.3, 0.4) is 0 Å². The molecule has 1 amide bonds. The van der Waals surface area contributed by atoms with Crippen LogP contribution in [-0.2, 0) is 4.79 Å². The highest BCUT2D eigenvalue weighted by atomic mass is 16.2. The average molecular weight is 159 g/mol. The monoisotopic (exact) mass is 159 g/mol. The zero-order valence-electron chi connectivity index (χ0n) is 7.64. The van der Waals surface area contributed by atoms with Crippen molar-refractivity contribution in [3.8, 4) is 0 Å². The van der Waals surface area contributed by atoms with Gasteiger partial charge in [0.05, 0.1) is 5.54 Å². The predicted molar refractivity (Wildman–Crippen MR) is 44.7 cm³/mol. The van der Waals surface area contributed by atoms with Crippen molar-refractivity contribution in [1.29, 1.82) is 0 Å². The highest BCUT2D eigenvalue weighted by molar-refractivity contribution is 5.85. The number of nitrogens with zero attached hydrogens (tertiary/aromatic N) is 1. The van der Waals surface area contributed by atoms with Crippen LogP contribution in [0, 0.1) is 0 Å². The average Bonchev–Trinajstić information content (AvgIpc) is 2.01. The number of hydrogen-bond acceptors (Lipinski definition) is 3.